The molecule has 1 saturated carbocycles. The SMILES string of the molecule is O=c1cc(CN(Cc2ccccc2C(F)(F)F)C2CC2)c2ccc(O)cc2o1. The van der Waals surface area contributed by atoms with E-state index in [2.05, 4.69) is 0 Å². The molecule has 3 aromatic rings. The largest absolute Gasteiger partial charge is 0.508 e. The maximum absolute atomic E-state index is 13.3. The highest BCUT2D eigenvalue weighted by atomic mass is 19.4. The molecule has 1 heterocycles. The van der Waals surface area contributed by atoms with Crippen LogP contribution >= 0.6 is 0 Å². The third-order valence-electron chi connectivity index (χ3n) is 4.95. The van der Waals surface area contributed by atoms with Gasteiger partial charge in [0.15, 0.2) is 0 Å². The first-order valence-electron chi connectivity index (χ1n) is 8.96. The number of aromatic hydroxyl groups is 1. The fourth-order valence-corrected chi connectivity index (χ4v) is 3.48. The lowest BCUT2D eigenvalue weighted by Gasteiger charge is -2.24. The summed E-state index contributed by atoms with van der Waals surface area (Å²) in [4.78, 5) is 13.9. The number of hydrogen-bond donors (Lipinski definition) is 1. The molecule has 2 aromatic carbocycles. The van der Waals surface area contributed by atoms with Crippen molar-refractivity contribution in [1.29, 1.82) is 0 Å². The lowest BCUT2D eigenvalue weighted by molar-refractivity contribution is -0.138. The van der Waals surface area contributed by atoms with Crippen molar-refractivity contribution >= 4 is 11.0 Å². The first kappa shape index (κ1) is 18.6. The molecule has 0 aliphatic heterocycles. The van der Waals surface area contributed by atoms with E-state index in [1.165, 1.54) is 30.3 Å². The van der Waals surface area contributed by atoms with Gasteiger partial charge in [0.2, 0.25) is 0 Å². The third-order valence-corrected chi connectivity index (χ3v) is 4.95. The van der Waals surface area contributed by atoms with Crippen LogP contribution in [0.15, 0.2) is 57.7 Å². The number of halogens is 3. The lowest BCUT2D eigenvalue weighted by Crippen LogP contribution is -2.27. The van der Waals surface area contributed by atoms with Crippen molar-refractivity contribution in [3.05, 3.63) is 75.6 Å². The second-order valence-corrected chi connectivity index (χ2v) is 7.06. The zero-order valence-corrected chi connectivity index (χ0v) is 14.9. The highest BCUT2D eigenvalue weighted by Gasteiger charge is 2.35. The minimum atomic E-state index is -4.41. The molecule has 0 saturated heterocycles. The number of phenolic OH excluding ortho intramolecular Hbond substituents is 1. The minimum Gasteiger partial charge on any atom is -0.508 e. The van der Waals surface area contributed by atoms with E-state index in [1.807, 2.05) is 4.90 Å². The molecular formula is C21H18F3NO3. The number of alkyl halides is 3. The number of fused-ring (bicyclic) bond motifs is 1. The Bertz CT molecular complexity index is 1070. The second kappa shape index (κ2) is 6.98. The monoisotopic (exact) mass is 389 g/mol. The Morgan fingerprint density at radius 1 is 1.04 bits per heavy atom. The van der Waals surface area contributed by atoms with Crippen LogP contribution in [0, 0.1) is 0 Å². The van der Waals surface area contributed by atoms with Crippen molar-refractivity contribution in [3.63, 3.8) is 0 Å². The summed E-state index contributed by atoms with van der Waals surface area (Å²) in [5, 5.41) is 10.3. The van der Waals surface area contributed by atoms with Crippen LogP contribution in [-0.4, -0.2) is 16.0 Å². The van der Waals surface area contributed by atoms with E-state index < -0.39 is 17.4 Å². The van der Waals surface area contributed by atoms with Gasteiger partial charge in [0, 0.05) is 36.7 Å². The summed E-state index contributed by atoms with van der Waals surface area (Å²) in [6.45, 7) is 0.462. The van der Waals surface area contributed by atoms with Gasteiger partial charge in [0.25, 0.3) is 0 Å². The van der Waals surface area contributed by atoms with Gasteiger partial charge in [-0.05, 0) is 42.2 Å². The maximum atomic E-state index is 13.3. The highest BCUT2D eigenvalue weighted by Crippen LogP contribution is 2.36. The van der Waals surface area contributed by atoms with Gasteiger partial charge < -0.3 is 9.52 Å². The van der Waals surface area contributed by atoms with Crippen molar-refractivity contribution in [3.8, 4) is 5.75 Å². The average Bonchev–Trinajstić information content (AvgIpc) is 3.45. The number of phenols is 1. The Balaban J connectivity index is 1.69. The fourth-order valence-electron chi connectivity index (χ4n) is 3.48. The Hall–Kier alpha value is -2.80. The summed E-state index contributed by atoms with van der Waals surface area (Å²) in [5.41, 5.74) is -0.0501. The van der Waals surface area contributed by atoms with Gasteiger partial charge in [-0.3, -0.25) is 4.90 Å². The van der Waals surface area contributed by atoms with Crippen LogP contribution in [0.3, 0.4) is 0 Å². The molecule has 0 atom stereocenters. The summed E-state index contributed by atoms with van der Waals surface area (Å²) in [6, 6.07) is 11.6. The molecule has 1 aliphatic rings. The van der Waals surface area contributed by atoms with Gasteiger partial charge in [0.1, 0.15) is 11.3 Å². The molecule has 1 aromatic heterocycles. The number of hydrogen-bond acceptors (Lipinski definition) is 4. The smallest absolute Gasteiger partial charge is 0.416 e. The summed E-state index contributed by atoms with van der Waals surface area (Å²) in [6.07, 6.45) is -2.59. The van der Waals surface area contributed by atoms with E-state index in [9.17, 15) is 23.1 Å². The Morgan fingerprint density at radius 3 is 2.46 bits per heavy atom. The average molecular weight is 389 g/mol. The Labute approximate surface area is 158 Å². The molecule has 1 fully saturated rings. The van der Waals surface area contributed by atoms with Crippen molar-refractivity contribution in [2.75, 3.05) is 0 Å². The number of rotatable bonds is 5. The van der Waals surface area contributed by atoms with Crippen LogP contribution in [0.5, 0.6) is 5.75 Å². The van der Waals surface area contributed by atoms with Gasteiger partial charge >= 0.3 is 11.8 Å². The van der Waals surface area contributed by atoms with E-state index in [0.29, 0.717) is 17.5 Å². The lowest BCUT2D eigenvalue weighted by atomic mass is 10.1. The summed E-state index contributed by atoms with van der Waals surface area (Å²) >= 11 is 0. The van der Waals surface area contributed by atoms with Crippen molar-refractivity contribution in [1.82, 2.24) is 4.90 Å². The highest BCUT2D eigenvalue weighted by molar-refractivity contribution is 5.81. The molecule has 0 radical (unpaired) electrons. The van der Waals surface area contributed by atoms with Crippen LogP contribution in [0.4, 0.5) is 13.2 Å². The number of nitrogens with zero attached hydrogens (tertiary/aromatic N) is 1. The van der Waals surface area contributed by atoms with Gasteiger partial charge in [-0.2, -0.15) is 13.2 Å². The zero-order valence-electron chi connectivity index (χ0n) is 14.9. The van der Waals surface area contributed by atoms with Crippen LogP contribution in [0.1, 0.15) is 29.5 Å². The molecule has 4 rings (SSSR count). The Morgan fingerprint density at radius 2 is 1.75 bits per heavy atom. The van der Waals surface area contributed by atoms with Gasteiger partial charge in [-0.15, -0.1) is 0 Å². The van der Waals surface area contributed by atoms with Crippen LogP contribution in [0.2, 0.25) is 0 Å². The molecule has 7 heteroatoms. The summed E-state index contributed by atoms with van der Waals surface area (Å²) in [5.74, 6) is -0.0223. The Kier molecular flexibility index (Phi) is 4.63. The van der Waals surface area contributed by atoms with Crippen LogP contribution in [-0.2, 0) is 19.3 Å². The molecule has 1 N–H and O–H groups in total. The van der Waals surface area contributed by atoms with E-state index in [4.69, 9.17) is 4.42 Å². The second-order valence-electron chi connectivity index (χ2n) is 7.06. The first-order chi connectivity index (χ1) is 13.3. The van der Waals surface area contributed by atoms with E-state index in [-0.39, 0.29) is 29.5 Å². The van der Waals surface area contributed by atoms with Crippen LogP contribution < -0.4 is 5.63 Å². The van der Waals surface area contributed by atoms with Crippen molar-refractivity contribution in [2.45, 2.75) is 38.1 Å². The van der Waals surface area contributed by atoms with E-state index in [0.717, 1.165) is 18.9 Å². The molecular weight excluding hydrogens is 371 g/mol. The maximum Gasteiger partial charge on any atom is 0.416 e. The van der Waals surface area contributed by atoms with E-state index >= 15 is 0 Å². The van der Waals surface area contributed by atoms with Crippen molar-refractivity contribution in [2.24, 2.45) is 0 Å². The normalized spacial score (nSPS) is 14.7. The summed E-state index contributed by atoms with van der Waals surface area (Å²) in [7, 11) is 0. The van der Waals surface area contributed by atoms with Gasteiger partial charge in [-0.25, -0.2) is 4.79 Å². The van der Waals surface area contributed by atoms with E-state index in [1.54, 1.807) is 12.1 Å². The zero-order chi connectivity index (χ0) is 19.9. The molecule has 28 heavy (non-hydrogen) atoms. The molecule has 0 unspecified atom stereocenters. The molecule has 146 valence electrons. The van der Waals surface area contributed by atoms with Crippen molar-refractivity contribution < 1.29 is 22.7 Å². The topological polar surface area (TPSA) is 53.7 Å². The minimum absolute atomic E-state index is 0.0223. The third kappa shape index (κ3) is 3.89. The quantitative estimate of drug-likeness (QED) is 0.644. The first-order valence-corrected chi connectivity index (χ1v) is 8.96. The van der Waals surface area contributed by atoms with Crippen LogP contribution in [0.25, 0.3) is 11.0 Å². The molecule has 1 aliphatic carbocycles. The molecule has 0 bridgehead atoms. The predicted molar refractivity (Wildman–Crippen MR) is 97.9 cm³/mol. The predicted octanol–water partition coefficient (Wildman–Crippen LogP) is 4.68. The molecule has 4 nitrogen and oxygen atoms in total. The molecule has 0 spiro atoms. The summed E-state index contributed by atoms with van der Waals surface area (Å²) < 4.78 is 45.2. The van der Waals surface area contributed by atoms with Gasteiger partial charge in [-0.1, -0.05) is 18.2 Å². The number of benzene rings is 2. The molecule has 0 amide bonds. The van der Waals surface area contributed by atoms with Gasteiger partial charge in [0.05, 0.1) is 5.56 Å². The standard InChI is InChI=1S/C21H18F3NO3/c22-21(23,24)18-4-2-1-3-13(18)11-25(15-5-6-15)12-14-9-20(27)28-19-10-16(26)7-8-17(14)19/h1-4,7-10,15,26H,5-6,11-12H2. The fraction of sp³-hybridized carbons (Fsp3) is 0.286.